The third kappa shape index (κ3) is 4.63. The first kappa shape index (κ1) is 15.6. The highest BCUT2D eigenvalue weighted by Gasteiger charge is 2.13. The van der Waals surface area contributed by atoms with Gasteiger partial charge in [0.05, 0.1) is 24.3 Å². The van der Waals surface area contributed by atoms with Crippen molar-refractivity contribution in [2.75, 3.05) is 19.0 Å². The molecule has 0 heterocycles. The number of anilines is 1. The summed E-state index contributed by atoms with van der Waals surface area (Å²) in [6.45, 7) is 5.98. The number of carbonyl (C=O) groups excluding carboxylic acids is 1. The molecule has 19 heavy (non-hydrogen) atoms. The Labute approximate surface area is 121 Å². The van der Waals surface area contributed by atoms with Gasteiger partial charge in [-0.2, -0.15) is 0 Å². The first-order chi connectivity index (χ1) is 8.97. The Bertz CT molecular complexity index is 449. The summed E-state index contributed by atoms with van der Waals surface area (Å²) < 4.78 is 16.4. The molecule has 1 aromatic rings. The lowest BCUT2D eigenvalue weighted by molar-refractivity contribution is 0.130. The van der Waals surface area contributed by atoms with Gasteiger partial charge in [-0.05, 0) is 42.8 Å². The number of halogens is 1. The Balaban J connectivity index is 2.92. The van der Waals surface area contributed by atoms with Gasteiger partial charge in [0.25, 0.3) is 0 Å². The van der Waals surface area contributed by atoms with Gasteiger partial charge >= 0.3 is 6.09 Å². The van der Waals surface area contributed by atoms with Gasteiger partial charge in [0, 0.05) is 11.8 Å². The predicted octanol–water partition coefficient (Wildman–Crippen LogP) is 3.81. The first-order valence-electron chi connectivity index (χ1n) is 5.95. The van der Waals surface area contributed by atoms with Crippen molar-refractivity contribution in [1.82, 2.24) is 0 Å². The first-order valence-corrected chi connectivity index (χ1v) is 6.75. The molecule has 0 aliphatic heterocycles. The highest BCUT2D eigenvalue weighted by atomic mass is 79.9. The average molecular weight is 332 g/mol. The zero-order valence-corrected chi connectivity index (χ0v) is 13.0. The van der Waals surface area contributed by atoms with E-state index in [4.69, 9.17) is 14.2 Å². The van der Waals surface area contributed by atoms with Crippen LogP contribution in [0.15, 0.2) is 16.6 Å². The molecule has 0 fully saturated rings. The van der Waals surface area contributed by atoms with E-state index in [0.29, 0.717) is 28.3 Å². The highest BCUT2D eigenvalue weighted by Crippen LogP contribution is 2.38. The SMILES string of the molecule is CCOc1c(Br)cc(NC(=O)OC(C)C)cc1OC. The largest absolute Gasteiger partial charge is 0.493 e. The lowest BCUT2D eigenvalue weighted by Crippen LogP contribution is -2.18. The molecule has 0 aliphatic rings. The smallest absolute Gasteiger partial charge is 0.411 e. The standard InChI is InChI=1S/C13H18BrNO4/c1-5-18-12-10(14)6-9(7-11(12)17-4)15-13(16)19-8(2)3/h6-8H,5H2,1-4H3,(H,15,16). The summed E-state index contributed by atoms with van der Waals surface area (Å²) in [7, 11) is 1.54. The fraction of sp³-hybridized carbons (Fsp3) is 0.462. The van der Waals surface area contributed by atoms with Gasteiger partial charge < -0.3 is 14.2 Å². The summed E-state index contributed by atoms with van der Waals surface area (Å²) in [5.41, 5.74) is 0.567. The Hall–Kier alpha value is -1.43. The maximum atomic E-state index is 11.5. The minimum Gasteiger partial charge on any atom is -0.493 e. The molecule has 0 atom stereocenters. The number of hydrogen-bond acceptors (Lipinski definition) is 4. The van der Waals surface area contributed by atoms with Crippen molar-refractivity contribution >= 4 is 27.7 Å². The molecular weight excluding hydrogens is 314 g/mol. The van der Waals surface area contributed by atoms with Gasteiger partial charge in [-0.1, -0.05) is 0 Å². The molecule has 5 nitrogen and oxygen atoms in total. The molecule has 0 spiro atoms. The van der Waals surface area contributed by atoms with E-state index in [1.165, 1.54) is 0 Å². The van der Waals surface area contributed by atoms with Crippen molar-refractivity contribution in [3.05, 3.63) is 16.6 Å². The number of rotatable bonds is 5. The van der Waals surface area contributed by atoms with Crippen molar-refractivity contribution in [2.24, 2.45) is 0 Å². The van der Waals surface area contributed by atoms with E-state index in [-0.39, 0.29) is 6.10 Å². The fourth-order valence-corrected chi connectivity index (χ4v) is 1.99. The summed E-state index contributed by atoms with van der Waals surface area (Å²) in [6, 6.07) is 3.41. The number of benzene rings is 1. The molecule has 0 bridgehead atoms. The topological polar surface area (TPSA) is 56.8 Å². The molecule has 0 saturated heterocycles. The normalized spacial score (nSPS) is 10.2. The van der Waals surface area contributed by atoms with Crippen molar-refractivity contribution in [3.8, 4) is 11.5 Å². The lowest BCUT2D eigenvalue weighted by Gasteiger charge is -2.14. The summed E-state index contributed by atoms with van der Waals surface area (Å²) in [6.07, 6.45) is -0.679. The molecule has 1 rings (SSSR count). The molecule has 0 saturated carbocycles. The zero-order valence-electron chi connectivity index (χ0n) is 11.5. The Morgan fingerprint density at radius 2 is 2.11 bits per heavy atom. The maximum absolute atomic E-state index is 11.5. The number of methoxy groups -OCH3 is 1. The molecule has 0 aromatic heterocycles. The average Bonchev–Trinajstić information content (AvgIpc) is 2.31. The quantitative estimate of drug-likeness (QED) is 0.891. The van der Waals surface area contributed by atoms with E-state index in [0.717, 1.165) is 0 Å². The Kier molecular flexibility index (Phi) is 5.95. The van der Waals surface area contributed by atoms with E-state index < -0.39 is 6.09 Å². The van der Waals surface area contributed by atoms with Crippen molar-refractivity contribution in [1.29, 1.82) is 0 Å². The number of amides is 1. The predicted molar refractivity (Wildman–Crippen MR) is 77.1 cm³/mol. The summed E-state index contributed by atoms with van der Waals surface area (Å²) >= 11 is 3.38. The number of ether oxygens (including phenoxy) is 3. The minimum atomic E-state index is -0.506. The van der Waals surface area contributed by atoms with E-state index >= 15 is 0 Å². The summed E-state index contributed by atoms with van der Waals surface area (Å²) in [5.74, 6) is 1.14. The van der Waals surface area contributed by atoms with E-state index in [1.54, 1.807) is 33.1 Å². The van der Waals surface area contributed by atoms with Crippen LogP contribution in [0.25, 0.3) is 0 Å². The summed E-state index contributed by atoms with van der Waals surface area (Å²) in [5, 5.41) is 2.63. The second-order valence-corrected chi connectivity index (χ2v) is 4.86. The van der Waals surface area contributed by atoms with Crippen LogP contribution in [0.1, 0.15) is 20.8 Å². The molecule has 0 aliphatic carbocycles. The molecule has 6 heteroatoms. The van der Waals surface area contributed by atoms with Gasteiger partial charge in [-0.15, -0.1) is 0 Å². The summed E-state index contributed by atoms with van der Waals surface area (Å²) in [4.78, 5) is 11.5. The second-order valence-electron chi connectivity index (χ2n) is 4.00. The van der Waals surface area contributed by atoms with Gasteiger partial charge in [0.2, 0.25) is 0 Å². The minimum absolute atomic E-state index is 0.173. The third-order valence-corrected chi connectivity index (χ3v) is 2.70. The van der Waals surface area contributed by atoms with Crippen LogP contribution in [0.2, 0.25) is 0 Å². The number of carbonyl (C=O) groups is 1. The van der Waals surface area contributed by atoms with Crippen molar-refractivity contribution in [2.45, 2.75) is 26.9 Å². The van der Waals surface area contributed by atoms with Crippen LogP contribution in [0.5, 0.6) is 11.5 Å². The molecule has 106 valence electrons. The Morgan fingerprint density at radius 3 is 2.63 bits per heavy atom. The number of hydrogen-bond donors (Lipinski definition) is 1. The van der Waals surface area contributed by atoms with E-state index in [9.17, 15) is 4.79 Å². The van der Waals surface area contributed by atoms with Gasteiger partial charge in [-0.25, -0.2) is 4.79 Å². The molecule has 1 aromatic carbocycles. The van der Waals surface area contributed by atoms with Crippen LogP contribution in [0.4, 0.5) is 10.5 Å². The highest BCUT2D eigenvalue weighted by molar-refractivity contribution is 9.10. The van der Waals surface area contributed by atoms with E-state index in [2.05, 4.69) is 21.2 Å². The van der Waals surface area contributed by atoms with Crippen LogP contribution in [-0.4, -0.2) is 25.9 Å². The van der Waals surface area contributed by atoms with Crippen molar-refractivity contribution < 1.29 is 19.0 Å². The zero-order chi connectivity index (χ0) is 14.4. The van der Waals surface area contributed by atoms with Crippen molar-refractivity contribution in [3.63, 3.8) is 0 Å². The fourth-order valence-electron chi connectivity index (χ4n) is 1.44. The molecule has 1 amide bonds. The molecule has 0 unspecified atom stereocenters. The van der Waals surface area contributed by atoms with Gasteiger partial charge in [0.15, 0.2) is 11.5 Å². The Morgan fingerprint density at radius 1 is 1.42 bits per heavy atom. The molecular formula is C13H18BrNO4. The molecule has 1 N–H and O–H groups in total. The van der Waals surface area contributed by atoms with Gasteiger partial charge in [-0.3, -0.25) is 5.32 Å². The van der Waals surface area contributed by atoms with Crippen LogP contribution >= 0.6 is 15.9 Å². The van der Waals surface area contributed by atoms with Crippen LogP contribution in [0, 0.1) is 0 Å². The van der Waals surface area contributed by atoms with Crippen LogP contribution in [0.3, 0.4) is 0 Å². The second kappa shape index (κ2) is 7.23. The molecule has 0 radical (unpaired) electrons. The number of nitrogens with one attached hydrogen (secondary N) is 1. The maximum Gasteiger partial charge on any atom is 0.411 e. The van der Waals surface area contributed by atoms with E-state index in [1.807, 2.05) is 6.92 Å². The monoisotopic (exact) mass is 331 g/mol. The lowest BCUT2D eigenvalue weighted by atomic mass is 10.2. The van der Waals surface area contributed by atoms with Crippen LogP contribution in [-0.2, 0) is 4.74 Å². The van der Waals surface area contributed by atoms with Gasteiger partial charge in [0.1, 0.15) is 0 Å². The van der Waals surface area contributed by atoms with Crippen LogP contribution < -0.4 is 14.8 Å². The third-order valence-electron chi connectivity index (χ3n) is 2.11.